The van der Waals surface area contributed by atoms with Crippen LogP contribution in [0, 0.1) is 0 Å². The predicted octanol–water partition coefficient (Wildman–Crippen LogP) is 3.22. The van der Waals surface area contributed by atoms with Crippen molar-refractivity contribution in [2.45, 2.75) is 58.3 Å². The van der Waals surface area contributed by atoms with Gasteiger partial charge >= 0.3 is 11.9 Å². The maximum atomic E-state index is 10.9. The summed E-state index contributed by atoms with van der Waals surface area (Å²) in [5.74, 6) is -1.80. The molecule has 4 heteroatoms. The van der Waals surface area contributed by atoms with Crippen LogP contribution in [0.15, 0.2) is 11.6 Å². The molecule has 4 nitrogen and oxygen atoms in total. The van der Waals surface area contributed by atoms with Crippen LogP contribution in [0.1, 0.15) is 58.3 Å². The zero-order valence-corrected chi connectivity index (χ0v) is 10.4. The first-order valence-electron chi connectivity index (χ1n) is 6.22. The Labute approximate surface area is 102 Å². The zero-order chi connectivity index (χ0) is 13.1. The van der Waals surface area contributed by atoms with E-state index in [4.69, 9.17) is 10.2 Å². The fourth-order valence-electron chi connectivity index (χ4n) is 1.57. The van der Waals surface area contributed by atoms with E-state index in [1.54, 1.807) is 6.08 Å². The average molecular weight is 242 g/mol. The molecule has 98 valence electrons. The van der Waals surface area contributed by atoms with Crippen molar-refractivity contribution in [2.24, 2.45) is 0 Å². The summed E-state index contributed by atoms with van der Waals surface area (Å²) >= 11 is 0. The van der Waals surface area contributed by atoms with Gasteiger partial charge in [0, 0.05) is 12.0 Å². The molecule has 0 aliphatic heterocycles. The molecule has 0 fully saturated rings. The van der Waals surface area contributed by atoms with Crippen molar-refractivity contribution in [1.29, 1.82) is 0 Å². The van der Waals surface area contributed by atoms with Crippen molar-refractivity contribution < 1.29 is 19.8 Å². The van der Waals surface area contributed by atoms with Gasteiger partial charge in [0.15, 0.2) is 0 Å². The highest BCUT2D eigenvalue weighted by atomic mass is 16.4. The average Bonchev–Trinajstić information content (AvgIpc) is 2.25. The van der Waals surface area contributed by atoms with Crippen LogP contribution >= 0.6 is 0 Å². The summed E-state index contributed by atoms with van der Waals surface area (Å²) in [6.07, 6.45) is 7.73. The van der Waals surface area contributed by atoms with Crippen molar-refractivity contribution in [3.8, 4) is 0 Å². The maximum Gasteiger partial charge on any atom is 0.331 e. The summed E-state index contributed by atoms with van der Waals surface area (Å²) in [7, 11) is 0. The summed E-state index contributed by atoms with van der Waals surface area (Å²) < 4.78 is 0. The third-order valence-electron chi connectivity index (χ3n) is 2.56. The summed E-state index contributed by atoms with van der Waals surface area (Å²) in [5, 5.41) is 17.4. The van der Waals surface area contributed by atoms with Crippen LogP contribution in [0.4, 0.5) is 0 Å². The highest BCUT2D eigenvalue weighted by Gasteiger charge is 2.07. The van der Waals surface area contributed by atoms with Gasteiger partial charge in [-0.2, -0.15) is 0 Å². The number of carboxylic acid groups (broad SMARTS) is 2. The molecule has 0 aromatic heterocycles. The van der Waals surface area contributed by atoms with Gasteiger partial charge in [0.1, 0.15) is 0 Å². The van der Waals surface area contributed by atoms with Crippen molar-refractivity contribution in [3.63, 3.8) is 0 Å². The Morgan fingerprint density at radius 3 is 2.24 bits per heavy atom. The molecule has 0 saturated carbocycles. The van der Waals surface area contributed by atoms with E-state index in [0.717, 1.165) is 25.7 Å². The van der Waals surface area contributed by atoms with Crippen LogP contribution in [0.2, 0.25) is 0 Å². The SMILES string of the molecule is CCCCCCC=C(CCCC(=O)O)C(=O)O. The fraction of sp³-hybridized carbons (Fsp3) is 0.692. The van der Waals surface area contributed by atoms with Gasteiger partial charge in [0.2, 0.25) is 0 Å². The zero-order valence-electron chi connectivity index (χ0n) is 10.4. The molecule has 0 unspecified atom stereocenters. The molecular formula is C13H22O4. The van der Waals surface area contributed by atoms with Crippen molar-refractivity contribution in [2.75, 3.05) is 0 Å². The van der Waals surface area contributed by atoms with E-state index in [-0.39, 0.29) is 6.42 Å². The van der Waals surface area contributed by atoms with E-state index in [0.29, 0.717) is 18.4 Å². The van der Waals surface area contributed by atoms with Gasteiger partial charge in [-0.15, -0.1) is 0 Å². The molecule has 0 aliphatic carbocycles. The summed E-state index contributed by atoms with van der Waals surface area (Å²) in [5.41, 5.74) is 0.350. The molecule has 17 heavy (non-hydrogen) atoms. The minimum atomic E-state index is -0.925. The van der Waals surface area contributed by atoms with Crippen LogP contribution in [-0.4, -0.2) is 22.2 Å². The predicted molar refractivity (Wildman–Crippen MR) is 66.0 cm³/mol. The molecule has 0 atom stereocenters. The first kappa shape index (κ1) is 15.7. The number of allylic oxidation sites excluding steroid dienone is 1. The standard InChI is InChI=1S/C13H22O4/c1-2-3-4-5-6-8-11(13(16)17)9-7-10-12(14)15/h8H,2-7,9-10H2,1H3,(H,14,15)(H,16,17). The van der Waals surface area contributed by atoms with Crippen LogP contribution in [0.3, 0.4) is 0 Å². The number of carbonyl (C=O) groups is 2. The number of carboxylic acids is 2. The minimum absolute atomic E-state index is 0.0282. The Morgan fingerprint density at radius 2 is 1.71 bits per heavy atom. The van der Waals surface area contributed by atoms with Crippen LogP contribution in [-0.2, 0) is 9.59 Å². The topological polar surface area (TPSA) is 74.6 Å². The number of rotatable bonds is 10. The maximum absolute atomic E-state index is 10.9. The van der Waals surface area contributed by atoms with Gasteiger partial charge in [-0.3, -0.25) is 4.79 Å². The Balaban J connectivity index is 3.91. The first-order chi connectivity index (χ1) is 8.07. The lowest BCUT2D eigenvalue weighted by Gasteiger charge is -2.01. The quantitative estimate of drug-likeness (QED) is 0.455. The monoisotopic (exact) mass is 242 g/mol. The molecule has 0 bridgehead atoms. The molecule has 0 aliphatic rings. The molecule has 0 heterocycles. The second-order valence-corrected chi connectivity index (χ2v) is 4.13. The van der Waals surface area contributed by atoms with Crippen LogP contribution in [0.5, 0.6) is 0 Å². The molecule has 2 N–H and O–H groups in total. The van der Waals surface area contributed by atoms with Crippen LogP contribution in [0.25, 0.3) is 0 Å². The third-order valence-corrected chi connectivity index (χ3v) is 2.56. The van der Waals surface area contributed by atoms with E-state index < -0.39 is 11.9 Å². The Bertz CT molecular complexity index is 269. The van der Waals surface area contributed by atoms with E-state index in [2.05, 4.69) is 6.92 Å². The Morgan fingerprint density at radius 1 is 1.00 bits per heavy atom. The summed E-state index contributed by atoms with van der Waals surface area (Å²) in [4.78, 5) is 21.2. The minimum Gasteiger partial charge on any atom is -0.481 e. The molecule has 0 radical (unpaired) electrons. The molecule has 0 aromatic carbocycles. The van der Waals surface area contributed by atoms with E-state index in [1.807, 2.05) is 0 Å². The first-order valence-corrected chi connectivity index (χ1v) is 6.22. The van der Waals surface area contributed by atoms with E-state index in [9.17, 15) is 9.59 Å². The lowest BCUT2D eigenvalue weighted by Crippen LogP contribution is -2.02. The highest BCUT2D eigenvalue weighted by molar-refractivity contribution is 5.86. The fourth-order valence-corrected chi connectivity index (χ4v) is 1.57. The van der Waals surface area contributed by atoms with Gasteiger partial charge in [0.25, 0.3) is 0 Å². The lowest BCUT2D eigenvalue weighted by atomic mass is 10.1. The van der Waals surface area contributed by atoms with Gasteiger partial charge in [-0.05, 0) is 25.7 Å². The van der Waals surface area contributed by atoms with E-state index in [1.165, 1.54) is 6.42 Å². The Hall–Kier alpha value is -1.32. The molecule has 0 aromatic rings. The summed E-state index contributed by atoms with van der Waals surface area (Å²) in [6, 6.07) is 0. The molecular weight excluding hydrogens is 220 g/mol. The third kappa shape index (κ3) is 9.60. The van der Waals surface area contributed by atoms with Crippen molar-refractivity contribution in [3.05, 3.63) is 11.6 Å². The van der Waals surface area contributed by atoms with Gasteiger partial charge in [0.05, 0.1) is 0 Å². The van der Waals surface area contributed by atoms with Gasteiger partial charge < -0.3 is 10.2 Å². The smallest absolute Gasteiger partial charge is 0.331 e. The second-order valence-electron chi connectivity index (χ2n) is 4.13. The molecule has 0 rings (SSSR count). The number of hydrogen-bond acceptors (Lipinski definition) is 2. The second kappa shape index (κ2) is 9.87. The largest absolute Gasteiger partial charge is 0.481 e. The molecule has 0 amide bonds. The molecule has 0 spiro atoms. The molecule has 0 saturated heterocycles. The highest BCUT2D eigenvalue weighted by Crippen LogP contribution is 2.11. The summed E-state index contributed by atoms with van der Waals surface area (Å²) in [6.45, 7) is 2.13. The lowest BCUT2D eigenvalue weighted by molar-refractivity contribution is -0.137. The number of aliphatic carboxylic acids is 2. The number of unbranched alkanes of at least 4 members (excludes halogenated alkanes) is 4. The van der Waals surface area contributed by atoms with Crippen LogP contribution < -0.4 is 0 Å². The van der Waals surface area contributed by atoms with Gasteiger partial charge in [-0.1, -0.05) is 32.3 Å². The number of hydrogen-bond donors (Lipinski definition) is 2. The van der Waals surface area contributed by atoms with Crippen molar-refractivity contribution >= 4 is 11.9 Å². The van der Waals surface area contributed by atoms with Crippen molar-refractivity contribution in [1.82, 2.24) is 0 Å². The van der Waals surface area contributed by atoms with Gasteiger partial charge in [-0.25, -0.2) is 4.79 Å². The normalized spacial score (nSPS) is 11.5. The van der Waals surface area contributed by atoms with E-state index >= 15 is 0 Å². The Kier molecular flexibility index (Phi) is 9.11.